The van der Waals surface area contributed by atoms with Gasteiger partial charge in [-0.2, -0.15) is 4.57 Å². The van der Waals surface area contributed by atoms with Crippen LogP contribution in [0.25, 0.3) is 5.69 Å². The smallest absolute Gasteiger partial charge is 0.234 e. The van der Waals surface area contributed by atoms with E-state index in [-0.39, 0.29) is 0 Å². The molecular formula is C25H41N2+. The van der Waals surface area contributed by atoms with Crippen molar-refractivity contribution in [1.29, 1.82) is 0 Å². The topological polar surface area (TPSA) is 8.81 Å². The summed E-state index contributed by atoms with van der Waals surface area (Å²) >= 11 is 0. The fraction of sp³-hybridized carbons (Fsp3) is 0.640. The third-order valence-corrected chi connectivity index (χ3v) is 5.55. The van der Waals surface area contributed by atoms with Gasteiger partial charge in [-0.25, -0.2) is 4.57 Å². The van der Waals surface area contributed by atoms with Crippen LogP contribution >= 0.6 is 0 Å². The molecule has 0 saturated carbocycles. The maximum atomic E-state index is 2.50. The first-order valence-corrected chi connectivity index (χ1v) is 11.5. The van der Waals surface area contributed by atoms with E-state index < -0.39 is 0 Å². The molecule has 0 spiro atoms. The zero-order valence-corrected chi connectivity index (χ0v) is 17.8. The second-order valence-electron chi connectivity index (χ2n) is 7.90. The molecule has 0 bridgehead atoms. The van der Waals surface area contributed by atoms with Crippen LogP contribution in [0.15, 0.2) is 42.7 Å². The van der Waals surface area contributed by atoms with Crippen LogP contribution in [0.1, 0.15) is 96.7 Å². The molecule has 150 valence electrons. The first kappa shape index (κ1) is 21.7. The highest BCUT2D eigenvalue weighted by molar-refractivity contribution is 5.31. The molecule has 0 fully saturated rings. The molecule has 2 heteroatoms. The summed E-state index contributed by atoms with van der Waals surface area (Å²) in [6.45, 7) is 5.73. The Balaban J connectivity index is 1.89. The number of para-hydroxylation sites is 1. The minimum atomic E-state index is 1.16. The number of hydrogen-bond donors (Lipinski definition) is 0. The lowest BCUT2D eigenvalue weighted by atomic mass is 10.1. The Morgan fingerprint density at radius 3 is 1.96 bits per heavy atom. The van der Waals surface area contributed by atoms with Gasteiger partial charge in [-0.15, -0.1) is 0 Å². The zero-order chi connectivity index (χ0) is 19.2. The second kappa shape index (κ2) is 13.6. The largest absolute Gasteiger partial charge is 0.261 e. The molecule has 0 aliphatic heterocycles. The highest BCUT2D eigenvalue weighted by atomic mass is 15.1. The summed E-state index contributed by atoms with van der Waals surface area (Å²) in [5, 5.41) is 0. The van der Waals surface area contributed by atoms with E-state index in [4.69, 9.17) is 0 Å². The van der Waals surface area contributed by atoms with Gasteiger partial charge in [0.2, 0.25) is 0 Å². The third-order valence-electron chi connectivity index (χ3n) is 5.55. The highest BCUT2D eigenvalue weighted by Gasteiger charge is 2.18. The Morgan fingerprint density at radius 2 is 1.30 bits per heavy atom. The van der Waals surface area contributed by atoms with Crippen LogP contribution in [0.4, 0.5) is 0 Å². The lowest BCUT2D eigenvalue weighted by Crippen LogP contribution is -2.37. The summed E-state index contributed by atoms with van der Waals surface area (Å²) in [6.07, 6.45) is 22.1. The molecule has 0 saturated heterocycles. The summed E-state index contributed by atoms with van der Waals surface area (Å²) in [6, 6.07) is 10.8. The minimum absolute atomic E-state index is 1.16. The van der Waals surface area contributed by atoms with Crippen molar-refractivity contribution in [3.63, 3.8) is 0 Å². The molecule has 0 aliphatic carbocycles. The number of hydrogen-bond acceptors (Lipinski definition) is 0. The molecule has 0 atom stereocenters. The Bertz CT molecular complexity index is 600. The van der Waals surface area contributed by atoms with Gasteiger partial charge in [0.25, 0.3) is 5.82 Å². The number of aryl methyl sites for hydroxylation is 1. The molecule has 1 aromatic heterocycles. The number of imidazole rings is 1. The van der Waals surface area contributed by atoms with Crippen molar-refractivity contribution in [3.05, 3.63) is 48.5 Å². The Labute approximate surface area is 167 Å². The van der Waals surface area contributed by atoms with E-state index in [0.29, 0.717) is 0 Å². The number of nitrogens with zero attached hydrogens (tertiary/aromatic N) is 2. The average molecular weight is 370 g/mol. The van der Waals surface area contributed by atoms with Gasteiger partial charge in [0.05, 0.1) is 6.54 Å². The number of benzene rings is 1. The van der Waals surface area contributed by atoms with Crippen LogP contribution in [0.3, 0.4) is 0 Å². The van der Waals surface area contributed by atoms with Crippen LogP contribution < -0.4 is 4.57 Å². The average Bonchev–Trinajstić information content (AvgIpc) is 3.11. The van der Waals surface area contributed by atoms with E-state index in [9.17, 15) is 0 Å². The summed E-state index contributed by atoms with van der Waals surface area (Å²) in [5.41, 5.74) is 1.29. The van der Waals surface area contributed by atoms with E-state index in [0.717, 1.165) is 6.54 Å². The van der Waals surface area contributed by atoms with Gasteiger partial charge < -0.3 is 0 Å². The Hall–Kier alpha value is -1.57. The molecule has 0 amide bonds. The number of unbranched alkanes of at least 4 members (excludes halogenated alkanes) is 10. The lowest BCUT2D eigenvalue weighted by molar-refractivity contribution is -0.704. The van der Waals surface area contributed by atoms with Crippen LogP contribution in [-0.4, -0.2) is 4.57 Å². The fourth-order valence-corrected chi connectivity index (χ4v) is 3.87. The molecule has 0 radical (unpaired) electrons. The van der Waals surface area contributed by atoms with Crippen molar-refractivity contribution in [3.8, 4) is 5.69 Å². The normalized spacial score (nSPS) is 11.2. The fourth-order valence-electron chi connectivity index (χ4n) is 3.87. The molecule has 2 nitrogen and oxygen atoms in total. The standard InChI is InChI=1S/C25H41N2/c1-3-5-7-9-10-11-12-16-20-25-26(21-17-8-6-4-2)22-23-27(25)24-18-14-13-15-19-24/h13-15,18-19,22-23H,3-12,16-17,20-21H2,1-2H3/q+1. The van der Waals surface area contributed by atoms with Crippen molar-refractivity contribution >= 4 is 0 Å². The predicted octanol–water partition coefficient (Wildman–Crippen LogP) is 7.03. The van der Waals surface area contributed by atoms with Gasteiger partial charge in [-0.1, -0.05) is 89.8 Å². The first-order chi connectivity index (χ1) is 13.4. The molecule has 0 aliphatic rings. The van der Waals surface area contributed by atoms with Crippen LogP contribution in [0.2, 0.25) is 0 Å². The van der Waals surface area contributed by atoms with E-state index in [1.54, 1.807) is 0 Å². The van der Waals surface area contributed by atoms with Crippen LogP contribution in [0.5, 0.6) is 0 Å². The molecule has 1 aromatic carbocycles. The van der Waals surface area contributed by atoms with Gasteiger partial charge >= 0.3 is 0 Å². The monoisotopic (exact) mass is 369 g/mol. The van der Waals surface area contributed by atoms with Crippen LogP contribution in [0, 0.1) is 0 Å². The maximum absolute atomic E-state index is 2.50. The Kier molecular flexibility index (Phi) is 10.9. The van der Waals surface area contributed by atoms with Gasteiger partial charge in [-0.3, -0.25) is 0 Å². The third kappa shape index (κ3) is 7.91. The van der Waals surface area contributed by atoms with E-state index in [2.05, 4.69) is 65.7 Å². The highest BCUT2D eigenvalue weighted by Crippen LogP contribution is 2.14. The quantitative estimate of drug-likeness (QED) is 0.235. The summed E-state index contributed by atoms with van der Waals surface area (Å²) in [5.74, 6) is 1.48. The predicted molar refractivity (Wildman–Crippen MR) is 116 cm³/mol. The van der Waals surface area contributed by atoms with Crippen molar-refractivity contribution in [1.82, 2.24) is 4.57 Å². The van der Waals surface area contributed by atoms with E-state index in [1.807, 2.05) is 0 Å². The summed E-state index contributed by atoms with van der Waals surface area (Å²) < 4.78 is 4.91. The van der Waals surface area contributed by atoms with Crippen molar-refractivity contribution in [2.45, 2.75) is 104 Å². The number of rotatable bonds is 15. The molecular weight excluding hydrogens is 328 g/mol. The molecule has 2 rings (SSSR count). The van der Waals surface area contributed by atoms with Crippen LogP contribution in [-0.2, 0) is 13.0 Å². The molecule has 1 heterocycles. The summed E-state index contributed by atoms with van der Waals surface area (Å²) in [4.78, 5) is 0. The summed E-state index contributed by atoms with van der Waals surface area (Å²) in [7, 11) is 0. The second-order valence-corrected chi connectivity index (χ2v) is 7.90. The van der Waals surface area contributed by atoms with Crippen molar-refractivity contribution in [2.24, 2.45) is 0 Å². The molecule has 0 N–H and O–H groups in total. The molecule has 2 aromatic rings. The SMILES string of the molecule is CCCCCCCCCCc1n(-c2ccccc2)cc[n+]1CCCCCC. The first-order valence-electron chi connectivity index (χ1n) is 11.5. The minimum Gasteiger partial charge on any atom is -0.234 e. The molecule has 0 unspecified atom stereocenters. The van der Waals surface area contributed by atoms with Crippen molar-refractivity contribution in [2.75, 3.05) is 0 Å². The van der Waals surface area contributed by atoms with Gasteiger partial charge in [0.1, 0.15) is 18.1 Å². The zero-order valence-electron chi connectivity index (χ0n) is 17.8. The molecule has 27 heavy (non-hydrogen) atoms. The van der Waals surface area contributed by atoms with E-state index >= 15 is 0 Å². The Morgan fingerprint density at radius 1 is 0.704 bits per heavy atom. The van der Waals surface area contributed by atoms with Crippen molar-refractivity contribution < 1.29 is 4.57 Å². The van der Waals surface area contributed by atoms with Gasteiger partial charge in [0, 0.05) is 6.42 Å². The van der Waals surface area contributed by atoms with Gasteiger partial charge in [-0.05, 0) is 31.4 Å². The van der Waals surface area contributed by atoms with Gasteiger partial charge in [0.15, 0.2) is 0 Å². The maximum Gasteiger partial charge on any atom is 0.261 e. The number of aromatic nitrogens is 2. The van der Waals surface area contributed by atoms with E-state index in [1.165, 1.54) is 95.0 Å². The lowest BCUT2D eigenvalue weighted by Gasteiger charge is -2.06.